The Morgan fingerprint density at radius 3 is 2.42 bits per heavy atom. The number of benzene rings is 2. The molecule has 0 atom stereocenters. The highest BCUT2D eigenvalue weighted by Crippen LogP contribution is 2.35. The highest BCUT2D eigenvalue weighted by atomic mass is 32.2. The van der Waals surface area contributed by atoms with Crippen LogP contribution in [0.3, 0.4) is 0 Å². The van der Waals surface area contributed by atoms with Crippen molar-refractivity contribution in [2.24, 2.45) is 5.14 Å². The maximum atomic E-state index is 12.4. The zero-order chi connectivity index (χ0) is 22.2. The average Bonchev–Trinajstić information content (AvgIpc) is 3.22. The number of thiophene rings is 1. The summed E-state index contributed by atoms with van der Waals surface area (Å²) in [5.41, 5.74) is 1.62. The van der Waals surface area contributed by atoms with Crippen molar-refractivity contribution in [3.05, 3.63) is 71.8 Å². The van der Waals surface area contributed by atoms with Gasteiger partial charge in [-0.2, -0.15) is 0 Å². The van der Waals surface area contributed by atoms with Crippen LogP contribution in [0.2, 0.25) is 0 Å². The number of amides is 2. The molecule has 3 rings (SSSR count). The Balaban J connectivity index is 1.69. The molecule has 0 aliphatic carbocycles. The molecule has 7 nitrogen and oxygen atoms in total. The van der Waals surface area contributed by atoms with Gasteiger partial charge in [0.25, 0.3) is 5.91 Å². The van der Waals surface area contributed by atoms with Crippen molar-refractivity contribution in [2.75, 3.05) is 18.5 Å². The molecule has 1 aromatic heterocycles. The van der Waals surface area contributed by atoms with E-state index >= 15 is 0 Å². The molecule has 0 fully saturated rings. The lowest BCUT2D eigenvalue weighted by atomic mass is 10.1. The number of esters is 1. The molecule has 0 bridgehead atoms. The number of hydrogen-bond acceptors (Lipinski definition) is 7. The SMILES string of the molecule is CCOC(=O)c1cc(-c2ccccc2)sc1NC(=O)CNC(=O)c1ccc(SN)cc1. The van der Waals surface area contributed by atoms with Crippen molar-refractivity contribution >= 4 is 46.1 Å². The number of anilines is 1. The van der Waals surface area contributed by atoms with Gasteiger partial charge in [0.05, 0.1) is 18.7 Å². The topological polar surface area (TPSA) is 111 Å². The number of carbonyl (C=O) groups excluding carboxylic acids is 3. The predicted molar refractivity (Wildman–Crippen MR) is 123 cm³/mol. The van der Waals surface area contributed by atoms with Gasteiger partial charge >= 0.3 is 5.97 Å². The van der Waals surface area contributed by atoms with E-state index in [2.05, 4.69) is 10.6 Å². The van der Waals surface area contributed by atoms with Gasteiger partial charge in [0.1, 0.15) is 5.00 Å². The summed E-state index contributed by atoms with van der Waals surface area (Å²) in [6.07, 6.45) is 0. The smallest absolute Gasteiger partial charge is 0.341 e. The fraction of sp³-hybridized carbons (Fsp3) is 0.136. The molecule has 0 saturated carbocycles. The number of hydrogen-bond donors (Lipinski definition) is 3. The second kappa shape index (κ2) is 10.8. The van der Waals surface area contributed by atoms with Crippen LogP contribution in [0.1, 0.15) is 27.6 Å². The lowest BCUT2D eigenvalue weighted by Gasteiger charge is -2.08. The maximum absolute atomic E-state index is 12.4. The number of ether oxygens (including phenoxy) is 1. The summed E-state index contributed by atoms with van der Waals surface area (Å²) in [6.45, 7) is 1.70. The largest absolute Gasteiger partial charge is 0.462 e. The number of rotatable bonds is 8. The third-order valence-corrected chi connectivity index (χ3v) is 5.84. The first kappa shape index (κ1) is 22.5. The monoisotopic (exact) mass is 455 g/mol. The Labute approximate surface area is 188 Å². The van der Waals surface area contributed by atoms with E-state index in [1.165, 1.54) is 11.3 Å². The molecule has 3 aromatic rings. The lowest BCUT2D eigenvalue weighted by Crippen LogP contribution is -2.32. The van der Waals surface area contributed by atoms with Crippen molar-refractivity contribution in [3.8, 4) is 10.4 Å². The molecule has 2 amide bonds. The van der Waals surface area contributed by atoms with Gasteiger partial charge < -0.3 is 15.4 Å². The van der Waals surface area contributed by atoms with E-state index in [-0.39, 0.29) is 24.6 Å². The lowest BCUT2D eigenvalue weighted by molar-refractivity contribution is -0.115. The molecule has 4 N–H and O–H groups in total. The van der Waals surface area contributed by atoms with Crippen LogP contribution in [0.4, 0.5) is 5.00 Å². The van der Waals surface area contributed by atoms with Crippen LogP contribution < -0.4 is 15.8 Å². The van der Waals surface area contributed by atoms with E-state index in [1.807, 2.05) is 30.3 Å². The van der Waals surface area contributed by atoms with Crippen molar-refractivity contribution in [1.29, 1.82) is 0 Å². The standard InChI is InChI=1S/C22H21N3O4S2/c1-2-29-22(28)17-12-18(14-6-4-3-5-7-14)30-21(17)25-19(26)13-24-20(27)15-8-10-16(31-23)11-9-15/h3-12H,2,13,23H2,1H3,(H,24,27)(H,25,26). The summed E-state index contributed by atoms with van der Waals surface area (Å²) < 4.78 is 5.11. The van der Waals surface area contributed by atoms with Crippen molar-refractivity contribution in [2.45, 2.75) is 11.8 Å². The van der Waals surface area contributed by atoms with Crippen molar-refractivity contribution < 1.29 is 19.1 Å². The summed E-state index contributed by atoms with van der Waals surface area (Å²) in [7, 11) is 0. The first-order valence-corrected chi connectivity index (χ1v) is 11.1. The van der Waals surface area contributed by atoms with E-state index in [0.29, 0.717) is 10.6 Å². The van der Waals surface area contributed by atoms with E-state index in [9.17, 15) is 14.4 Å². The van der Waals surface area contributed by atoms with Gasteiger partial charge in [0.15, 0.2) is 0 Å². The number of nitrogens with one attached hydrogen (secondary N) is 2. The van der Waals surface area contributed by atoms with Crippen LogP contribution in [-0.4, -0.2) is 30.9 Å². The van der Waals surface area contributed by atoms with Crippen LogP contribution in [0.5, 0.6) is 0 Å². The highest BCUT2D eigenvalue weighted by molar-refractivity contribution is 7.97. The number of nitrogens with two attached hydrogens (primary N) is 1. The summed E-state index contributed by atoms with van der Waals surface area (Å²) in [5.74, 6) is -1.35. The predicted octanol–water partition coefficient (Wildman–Crippen LogP) is 3.93. The fourth-order valence-electron chi connectivity index (χ4n) is 2.71. The molecule has 0 radical (unpaired) electrons. The first-order chi connectivity index (χ1) is 15.0. The quantitative estimate of drug-likeness (QED) is 0.351. The average molecular weight is 456 g/mol. The van der Waals surface area contributed by atoms with Gasteiger partial charge in [-0.1, -0.05) is 30.3 Å². The Bertz CT molecular complexity index is 1070. The molecule has 0 spiro atoms. The minimum Gasteiger partial charge on any atom is -0.462 e. The first-order valence-electron chi connectivity index (χ1n) is 9.43. The van der Waals surface area contributed by atoms with Crippen LogP contribution in [0.15, 0.2) is 65.6 Å². The minimum absolute atomic E-state index is 0.222. The van der Waals surface area contributed by atoms with Gasteiger partial charge in [-0.05, 0) is 54.8 Å². The molecule has 0 aliphatic heterocycles. The van der Waals surface area contributed by atoms with Gasteiger partial charge in [0, 0.05) is 15.3 Å². The van der Waals surface area contributed by atoms with E-state index < -0.39 is 11.9 Å². The second-order valence-corrected chi connectivity index (χ2v) is 8.07. The summed E-state index contributed by atoms with van der Waals surface area (Å²) in [5, 5.41) is 11.1. The molecule has 0 unspecified atom stereocenters. The molecule has 31 heavy (non-hydrogen) atoms. The Morgan fingerprint density at radius 2 is 1.77 bits per heavy atom. The van der Waals surface area contributed by atoms with Crippen LogP contribution >= 0.6 is 23.3 Å². The van der Waals surface area contributed by atoms with Crippen LogP contribution in [-0.2, 0) is 9.53 Å². The van der Waals surface area contributed by atoms with Crippen molar-refractivity contribution in [1.82, 2.24) is 5.32 Å². The Morgan fingerprint density at radius 1 is 1.06 bits per heavy atom. The van der Waals surface area contributed by atoms with Crippen LogP contribution in [0, 0.1) is 0 Å². The molecule has 160 valence electrons. The molecule has 1 heterocycles. The maximum Gasteiger partial charge on any atom is 0.341 e. The normalized spacial score (nSPS) is 10.4. The molecular weight excluding hydrogens is 434 g/mol. The van der Waals surface area contributed by atoms with Crippen molar-refractivity contribution in [3.63, 3.8) is 0 Å². The molecule has 2 aromatic carbocycles. The summed E-state index contributed by atoms with van der Waals surface area (Å²) in [6, 6.07) is 17.9. The van der Waals surface area contributed by atoms with Gasteiger partial charge in [-0.15, -0.1) is 11.3 Å². The van der Waals surface area contributed by atoms with E-state index in [1.54, 1.807) is 37.3 Å². The van der Waals surface area contributed by atoms with E-state index in [0.717, 1.165) is 27.3 Å². The Kier molecular flexibility index (Phi) is 7.82. The molecule has 9 heteroatoms. The highest BCUT2D eigenvalue weighted by Gasteiger charge is 2.20. The third-order valence-electron chi connectivity index (χ3n) is 4.20. The van der Waals surface area contributed by atoms with Gasteiger partial charge in [0.2, 0.25) is 5.91 Å². The van der Waals surface area contributed by atoms with Crippen LogP contribution in [0.25, 0.3) is 10.4 Å². The van der Waals surface area contributed by atoms with Gasteiger partial charge in [-0.3, -0.25) is 14.7 Å². The molecular formula is C22H21N3O4S2. The summed E-state index contributed by atoms with van der Waals surface area (Å²) in [4.78, 5) is 38.7. The van der Waals surface area contributed by atoms with E-state index in [4.69, 9.17) is 9.88 Å². The zero-order valence-electron chi connectivity index (χ0n) is 16.7. The zero-order valence-corrected chi connectivity index (χ0v) is 18.3. The molecule has 0 aliphatic rings. The number of carbonyl (C=O) groups is 3. The third kappa shape index (κ3) is 5.94. The second-order valence-electron chi connectivity index (χ2n) is 6.31. The fourth-order valence-corrected chi connectivity index (χ4v) is 4.07. The molecule has 0 saturated heterocycles. The Hall–Kier alpha value is -3.14. The summed E-state index contributed by atoms with van der Waals surface area (Å²) >= 11 is 2.35. The van der Waals surface area contributed by atoms with Gasteiger partial charge in [-0.25, -0.2) is 4.79 Å². The minimum atomic E-state index is -0.516.